The van der Waals surface area contributed by atoms with Crippen molar-refractivity contribution in [2.75, 3.05) is 24.5 Å². The predicted molar refractivity (Wildman–Crippen MR) is 158 cm³/mol. The van der Waals surface area contributed by atoms with Gasteiger partial charge in [0.2, 0.25) is 5.91 Å². The summed E-state index contributed by atoms with van der Waals surface area (Å²) in [6.07, 6.45) is 2.69. The number of anilines is 1. The van der Waals surface area contributed by atoms with Crippen LogP contribution in [0.1, 0.15) is 49.7 Å². The van der Waals surface area contributed by atoms with Crippen molar-refractivity contribution >= 4 is 28.5 Å². The second-order valence-corrected chi connectivity index (χ2v) is 10.7. The monoisotopic (exact) mass is 588 g/mol. The van der Waals surface area contributed by atoms with E-state index in [0.29, 0.717) is 18.8 Å². The number of amides is 1. The molecule has 1 amide bonds. The number of pyridine rings is 2. The van der Waals surface area contributed by atoms with Crippen LogP contribution in [0.4, 0.5) is 14.6 Å². The molecule has 5 rings (SSSR count). The van der Waals surface area contributed by atoms with E-state index >= 15 is 4.39 Å². The third-order valence-corrected chi connectivity index (χ3v) is 7.52. The summed E-state index contributed by atoms with van der Waals surface area (Å²) in [6, 6.07) is 5.76. The fraction of sp³-hybridized carbons (Fsp3) is 0.290. The van der Waals surface area contributed by atoms with Crippen LogP contribution in [0, 0.1) is 11.6 Å². The van der Waals surface area contributed by atoms with Gasteiger partial charge in [0.1, 0.15) is 23.1 Å². The topological polar surface area (TPSA) is 122 Å². The van der Waals surface area contributed by atoms with E-state index in [0.717, 1.165) is 16.7 Å². The van der Waals surface area contributed by atoms with Crippen molar-refractivity contribution in [3.05, 3.63) is 82.6 Å². The third-order valence-electron chi connectivity index (χ3n) is 7.52. The summed E-state index contributed by atoms with van der Waals surface area (Å²) in [4.78, 5) is 55.7. The minimum absolute atomic E-state index is 0.108. The molecule has 222 valence electrons. The molecule has 4 heterocycles. The molecular formula is C31H30F2N6O4. The second kappa shape index (κ2) is 11.3. The number of nitrogens with zero attached hydrogens (tertiary/aromatic N) is 6. The SMILES string of the molecule is C=CC(=O)N1CCN(c2nc(=O)n(-c3c(C(C)=O)ccnc3C(C)C)c3nc(-c4c(O)cccc4F)c(F)cc23)[C@@H](C)C1. The van der Waals surface area contributed by atoms with Crippen LogP contribution < -0.4 is 10.6 Å². The van der Waals surface area contributed by atoms with Gasteiger partial charge in [-0.15, -0.1) is 0 Å². The molecule has 1 atom stereocenters. The Morgan fingerprint density at radius 1 is 1.14 bits per heavy atom. The van der Waals surface area contributed by atoms with Crippen molar-refractivity contribution in [2.24, 2.45) is 0 Å². The molecule has 1 aliphatic heterocycles. The van der Waals surface area contributed by atoms with Crippen LogP contribution >= 0.6 is 0 Å². The first-order valence-corrected chi connectivity index (χ1v) is 13.7. The summed E-state index contributed by atoms with van der Waals surface area (Å²) in [5, 5.41) is 10.6. The molecule has 0 saturated carbocycles. The van der Waals surface area contributed by atoms with Crippen molar-refractivity contribution in [3.8, 4) is 22.7 Å². The average Bonchev–Trinajstić information content (AvgIpc) is 2.96. The molecule has 0 radical (unpaired) electrons. The third kappa shape index (κ3) is 5.13. The molecular weight excluding hydrogens is 558 g/mol. The Hall–Kier alpha value is -5.00. The van der Waals surface area contributed by atoms with E-state index in [1.54, 1.807) is 9.80 Å². The maximum Gasteiger partial charge on any atom is 0.355 e. The largest absolute Gasteiger partial charge is 0.507 e. The lowest BCUT2D eigenvalue weighted by molar-refractivity contribution is -0.126. The Morgan fingerprint density at radius 2 is 1.88 bits per heavy atom. The van der Waals surface area contributed by atoms with Gasteiger partial charge in [-0.1, -0.05) is 26.5 Å². The van der Waals surface area contributed by atoms with Crippen LogP contribution in [0.5, 0.6) is 5.75 Å². The molecule has 1 saturated heterocycles. The zero-order valence-electron chi connectivity index (χ0n) is 24.1. The van der Waals surface area contributed by atoms with Gasteiger partial charge in [-0.05, 0) is 50.1 Å². The van der Waals surface area contributed by atoms with E-state index in [9.17, 15) is 23.9 Å². The Morgan fingerprint density at radius 3 is 2.51 bits per heavy atom. The molecule has 10 nitrogen and oxygen atoms in total. The van der Waals surface area contributed by atoms with Gasteiger partial charge >= 0.3 is 5.69 Å². The quantitative estimate of drug-likeness (QED) is 0.260. The van der Waals surface area contributed by atoms with Gasteiger partial charge in [0.05, 0.1) is 22.3 Å². The van der Waals surface area contributed by atoms with E-state index in [-0.39, 0.29) is 58.3 Å². The van der Waals surface area contributed by atoms with Crippen LogP contribution in [-0.4, -0.2) is 66.9 Å². The molecule has 3 aromatic heterocycles. The van der Waals surface area contributed by atoms with E-state index in [1.807, 2.05) is 20.8 Å². The van der Waals surface area contributed by atoms with Crippen molar-refractivity contribution < 1.29 is 23.5 Å². The molecule has 1 N–H and O–H groups in total. The highest BCUT2D eigenvalue weighted by molar-refractivity contribution is 5.99. The number of ketones is 1. The lowest BCUT2D eigenvalue weighted by Crippen LogP contribution is -2.54. The lowest BCUT2D eigenvalue weighted by Gasteiger charge is -2.40. The standard InChI is InChI=1S/C31H30F2N6O4/c1-6-24(42)37-12-13-38(17(4)15-37)29-20-14-22(33)27(25-21(32)8-7-9-23(25)41)35-30(20)39(31(43)36-29)28-19(18(5)40)10-11-34-26(28)16(2)3/h6-11,14,16-17,41H,1,12-13,15H2,2-5H3/t17-/m0/s1. The summed E-state index contributed by atoms with van der Waals surface area (Å²) in [6.45, 7) is 11.3. The molecule has 0 aliphatic carbocycles. The van der Waals surface area contributed by atoms with Crippen LogP contribution in [0.3, 0.4) is 0 Å². The van der Waals surface area contributed by atoms with Gasteiger partial charge < -0.3 is 14.9 Å². The van der Waals surface area contributed by atoms with E-state index in [4.69, 9.17) is 0 Å². The first-order valence-electron chi connectivity index (χ1n) is 13.7. The van der Waals surface area contributed by atoms with Crippen LogP contribution in [0.25, 0.3) is 28.0 Å². The molecule has 12 heteroatoms. The number of carbonyl (C=O) groups is 2. The summed E-state index contributed by atoms with van der Waals surface area (Å²) in [5.74, 6) is -3.15. The Balaban J connectivity index is 1.87. The van der Waals surface area contributed by atoms with E-state index < -0.39 is 34.3 Å². The van der Waals surface area contributed by atoms with Gasteiger partial charge in [0, 0.05) is 37.4 Å². The number of hydrogen-bond donors (Lipinski definition) is 1. The molecule has 4 aromatic rings. The minimum atomic E-state index is -0.962. The maximum absolute atomic E-state index is 15.9. The number of Topliss-reactive ketones (excluding diaryl/α,β-unsaturated/α-hetero) is 1. The molecule has 0 unspecified atom stereocenters. The van der Waals surface area contributed by atoms with Gasteiger partial charge in [0.25, 0.3) is 0 Å². The summed E-state index contributed by atoms with van der Waals surface area (Å²) < 4.78 is 31.9. The number of piperazine rings is 1. The molecule has 1 aliphatic rings. The molecule has 43 heavy (non-hydrogen) atoms. The number of aromatic nitrogens is 4. The highest BCUT2D eigenvalue weighted by Gasteiger charge is 2.31. The van der Waals surface area contributed by atoms with Crippen LogP contribution in [-0.2, 0) is 4.79 Å². The number of phenolic OH excluding ortho intramolecular Hbond substituents is 1. The Bertz CT molecular complexity index is 1830. The number of aromatic hydroxyl groups is 1. The van der Waals surface area contributed by atoms with Crippen molar-refractivity contribution in [3.63, 3.8) is 0 Å². The molecule has 1 aromatic carbocycles. The first kappa shape index (κ1) is 29.5. The van der Waals surface area contributed by atoms with Gasteiger partial charge in [-0.25, -0.2) is 23.1 Å². The summed E-state index contributed by atoms with van der Waals surface area (Å²) >= 11 is 0. The highest BCUT2D eigenvalue weighted by Crippen LogP contribution is 2.37. The number of fused-ring (bicyclic) bond motifs is 1. The fourth-order valence-electron chi connectivity index (χ4n) is 5.46. The van der Waals surface area contributed by atoms with Crippen molar-refractivity contribution in [1.82, 2.24) is 24.4 Å². The van der Waals surface area contributed by atoms with Gasteiger partial charge in [0.15, 0.2) is 17.2 Å². The average molecular weight is 589 g/mol. The van der Waals surface area contributed by atoms with Crippen molar-refractivity contribution in [2.45, 2.75) is 39.7 Å². The van der Waals surface area contributed by atoms with Gasteiger partial charge in [-0.3, -0.25) is 14.6 Å². The second-order valence-electron chi connectivity index (χ2n) is 10.7. The number of rotatable bonds is 6. The Kier molecular flexibility index (Phi) is 7.78. The molecule has 1 fully saturated rings. The zero-order valence-corrected chi connectivity index (χ0v) is 24.1. The number of phenols is 1. The minimum Gasteiger partial charge on any atom is -0.507 e. The van der Waals surface area contributed by atoms with E-state index in [1.165, 1.54) is 37.4 Å². The maximum atomic E-state index is 15.9. The molecule has 0 bridgehead atoms. The fourth-order valence-corrected chi connectivity index (χ4v) is 5.46. The number of hydrogen-bond acceptors (Lipinski definition) is 8. The first-order chi connectivity index (χ1) is 20.4. The van der Waals surface area contributed by atoms with E-state index in [2.05, 4.69) is 21.5 Å². The summed E-state index contributed by atoms with van der Waals surface area (Å²) in [7, 11) is 0. The normalized spacial score (nSPS) is 15.3. The smallest absolute Gasteiger partial charge is 0.355 e. The zero-order chi connectivity index (χ0) is 31.2. The Labute approximate surface area is 245 Å². The highest BCUT2D eigenvalue weighted by atomic mass is 19.1. The predicted octanol–water partition coefficient (Wildman–Crippen LogP) is 4.38. The van der Waals surface area contributed by atoms with Crippen LogP contribution in [0.2, 0.25) is 0 Å². The number of benzene rings is 1. The van der Waals surface area contributed by atoms with Crippen LogP contribution in [0.15, 0.2) is 54.0 Å². The van der Waals surface area contributed by atoms with Crippen molar-refractivity contribution in [1.29, 1.82) is 0 Å². The van der Waals surface area contributed by atoms with Gasteiger partial charge in [-0.2, -0.15) is 4.98 Å². The summed E-state index contributed by atoms with van der Waals surface area (Å²) in [5.41, 5.74) is -1.23. The molecule has 0 spiro atoms. The lowest BCUT2D eigenvalue weighted by atomic mass is 10.0. The number of carbonyl (C=O) groups excluding carboxylic acids is 2. The number of halogens is 2.